The highest BCUT2D eigenvalue weighted by atomic mass is 15.2. The van der Waals surface area contributed by atoms with Gasteiger partial charge in [0.1, 0.15) is 0 Å². The molecule has 0 bridgehead atoms. The third kappa shape index (κ3) is 5.27. The van der Waals surface area contributed by atoms with Crippen LogP contribution in [0, 0.1) is 0 Å². The summed E-state index contributed by atoms with van der Waals surface area (Å²) in [5.41, 5.74) is 27.6. The maximum absolute atomic E-state index is 2.65. The van der Waals surface area contributed by atoms with Gasteiger partial charge in [-0.1, -0.05) is 244 Å². The van der Waals surface area contributed by atoms with E-state index in [4.69, 9.17) is 0 Å². The first-order chi connectivity index (χ1) is 35.5. The quantitative estimate of drug-likeness (QED) is 0.166. The Balaban J connectivity index is 1.13. The fourth-order valence-electron chi connectivity index (χ4n) is 14.1. The molecule has 0 fully saturated rings. The highest BCUT2D eigenvalue weighted by molar-refractivity contribution is 5.99. The van der Waals surface area contributed by atoms with E-state index in [0.29, 0.717) is 0 Å². The molecular formula is C71H49N. The predicted octanol–water partition coefficient (Wildman–Crippen LogP) is 17.8. The molecular weight excluding hydrogens is 867 g/mol. The van der Waals surface area contributed by atoms with Crippen molar-refractivity contribution in [2.24, 2.45) is 0 Å². The largest absolute Gasteiger partial charge is 0.310 e. The van der Waals surface area contributed by atoms with Gasteiger partial charge in [0, 0.05) is 22.2 Å². The van der Waals surface area contributed by atoms with Crippen LogP contribution in [0.3, 0.4) is 0 Å². The fourth-order valence-corrected chi connectivity index (χ4v) is 14.1. The van der Waals surface area contributed by atoms with Crippen LogP contribution >= 0.6 is 0 Å². The summed E-state index contributed by atoms with van der Waals surface area (Å²) in [4.78, 5) is 2.65. The molecule has 1 heteroatoms. The number of hydrogen-bond donors (Lipinski definition) is 0. The molecule has 0 atom stereocenters. The van der Waals surface area contributed by atoms with Crippen LogP contribution in [0.2, 0.25) is 0 Å². The molecule has 1 nitrogen and oxygen atoms in total. The second kappa shape index (κ2) is 15.1. The Morgan fingerprint density at radius 2 is 0.681 bits per heavy atom. The molecule has 338 valence electrons. The maximum atomic E-state index is 2.65. The van der Waals surface area contributed by atoms with Crippen LogP contribution in [-0.2, 0) is 16.2 Å². The molecule has 72 heavy (non-hydrogen) atoms. The Kier molecular flexibility index (Phi) is 8.62. The average Bonchev–Trinajstić information content (AvgIpc) is 4.01. The molecule has 11 aromatic rings. The molecule has 4 aliphatic rings. The van der Waals surface area contributed by atoms with Crippen molar-refractivity contribution in [3.8, 4) is 55.6 Å². The van der Waals surface area contributed by atoms with Gasteiger partial charge < -0.3 is 4.90 Å². The normalized spacial score (nSPS) is 14.9. The SMILES string of the molecule is CC1(C)c2ccccc2-c2ccc(N(c3ccc(-c4ccccc4)cc3-c3ccccc3)c3cccc4c3C3(c5ccccc5-c5ccccc53)c3ccccc3C43c4ccccc4-c4ccccc43)cc21. The van der Waals surface area contributed by atoms with Crippen molar-refractivity contribution in [3.63, 3.8) is 0 Å². The Bertz CT molecular complexity index is 3930. The molecule has 4 aliphatic carbocycles. The molecule has 0 unspecified atom stereocenters. The smallest absolute Gasteiger partial charge is 0.0740 e. The zero-order chi connectivity index (χ0) is 47.8. The predicted molar refractivity (Wildman–Crippen MR) is 298 cm³/mol. The van der Waals surface area contributed by atoms with Gasteiger partial charge in [-0.25, -0.2) is 0 Å². The number of hydrogen-bond acceptors (Lipinski definition) is 1. The number of benzene rings is 11. The lowest BCUT2D eigenvalue weighted by atomic mass is 9.52. The lowest BCUT2D eigenvalue weighted by molar-refractivity contribution is 0.633. The van der Waals surface area contributed by atoms with Crippen LogP contribution in [-0.4, -0.2) is 0 Å². The van der Waals surface area contributed by atoms with Gasteiger partial charge in [0.05, 0.1) is 22.2 Å². The topological polar surface area (TPSA) is 3.24 Å². The van der Waals surface area contributed by atoms with Crippen molar-refractivity contribution >= 4 is 17.1 Å². The molecule has 15 rings (SSSR count). The van der Waals surface area contributed by atoms with Gasteiger partial charge in [0.15, 0.2) is 0 Å². The van der Waals surface area contributed by atoms with E-state index in [9.17, 15) is 0 Å². The molecule has 0 aromatic heterocycles. The molecule has 0 N–H and O–H groups in total. The summed E-state index contributed by atoms with van der Waals surface area (Å²) in [6, 6.07) is 99.0. The number of nitrogens with zero attached hydrogens (tertiary/aromatic N) is 1. The van der Waals surface area contributed by atoms with E-state index < -0.39 is 10.8 Å². The van der Waals surface area contributed by atoms with Crippen molar-refractivity contribution in [2.45, 2.75) is 30.1 Å². The summed E-state index contributed by atoms with van der Waals surface area (Å²) < 4.78 is 0. The van der Waals surface area contributed by atoms with Gasteiger partial charge in [-0.05, 0) is 130 Å². The molecule has 11 aromatic carbocycles. The Labute approximate surface area is 422 Å². The molecule has 0 heterocycles. The molecule has 0 aliphatic heterocycles. The fraction of sp³-hybridized carbons (Fsp3) is 0.0704. The molecule has 2 spiro atoms. The zero-order valence-electron chi connectivity index (χ0n) is 40.3. The van der Waals surface area contributed by atoms with E-state index >= 15 is 0 Å². The lowest BCUT2D eigenvalue weighted by Gasteiger charge is -2.50. The minimum atomic E-state index is -0.700. The molecule has 0 radical (unpaired) electrons. The zero-order valence-corrected chi connectivity index (χ0v) is 40.3. The standard InChI is InChI=1S/C71H49N/c1-69(2)57-31-14-9-26-50(57)55-42-41-49(45-65(55)69)72(66-43-40-48(46-22-5-3-6-23-46)44-56(66)47-24-7-4-8-25-47)67-39-21-38-64-68(67)71(60-34-17-12-29-53(60)54-30-13-18-35-61(54)71)63-37-20-19-36-62(63)70(64)58-32-15-10-27-51(58)52-28-11-16-33-59(52)70/h3-45H,1-2H3. The Morgan fingerprint density at radius 3 is 1.25 bits per heavy atom. The maximum Gasteiger partial charge on any atom is 0.0740 e. The van der Waals surface area contributed by atoms with E-state index in [1.807, 2.05) is 0 Å². The van der Waals surface area contributed by atoms with Crippen LogP contribution < -0.4 is 4.90 Å². The van der Waals surface area contributed by atoms with Crippen molar-refractivity contribution < 1.29 is 0 Å². The van der Waals surface area contributed by atoms with Crippen molar-refractivity contribution in [3.05, 3.63) is 316 Å². The van der Waals surface area contributed by atoms with Crippen LogP contribution in [0.4, 0.5) is 17.1 Å². The molecule has 0 amide bonds. The van der Waals surface area contributed by atoms with E-state index in [2.05, 4.69) is 280 Å². The van der Waals surface area contributed by atoms with Crippen LogP contribution in [0.15, 0.2) is 261 Å². The first kappa shape index (κ1) is 41.0. The second-order valence-corrected chi connectivity index (χ2v) is 20.6. The monoisotopic (exact) mass is 915 g/mol. The third-order valence-electron chi connectivity index (χ3n) is 17.0. The lowest BCUT2D eigenvalue weighted by Crippen LogP contribution is -2.44. The summed E-state index contributed by atoms with van der Waals surface area (Å²) in [7, 11) is 0. The first-order valence-corrected chi connectivity index (χ1v) is 25.4. The highest BCUT2D eigenvalue weighted by Crippen LogP contribution is 2.69. The van der Waals surface area contributed by atoms with Crippen LogP contribution in [0.1, 0.15) is 69.5 Å². The minimum Gasteiger partial charge on any atom is -0.310 e. The summed E-state index contributed by atoms with van der Waals surface area (Å²) in [6.07, 6.45) is 0. The van der Waals surface area contributed by atoms with Gasteiger partial charge in [0.2, 0.25) is 0 Å². The van der Waals surface area contributed by atoms with E-state index in [-0.39, 0.29) is 5.41 Å². The minimum absolute atomic E-state index is 0.214. The number of rotatable bonds is 5. The Morgan fingerprint density at radius 1 is 0.250 bits per heavy atom. The van der Waals surface area contributed by atoms with Gasteiger partial charge >= 0.3 is 0 Å². The van der Waals surface area contributed by atoms with E-state index in [1.165, 1.54) is 111 Å². The summed E-state index contributed by atoms with van der Waals surface area (Å²) in [5.74, 6) is 0. The first-order valence-electron chi connectivity index (χ1n) is 25.4. The summed E-state index contributed by atoms with van der Waals surface area (Å²) in [5, 5.41) is 0. The second-order valence-electron chi connectivity index (χ2n) is 20.6. The molecule has 0 saturated carbocycles. The van der Waals surface area contributed by atoms with Gasteiger partial charge in [0.25, 0.3) is 0 Å². The van der Waals surface area contributed by atoms with Crippen molar-refractivity contribution in [1.29, 1.82) is 0 Å². The third-order valence-corrected chi connectivity index (χ3v) is 17.0. The van der Waals surface area contributed by atoms with E-state index in [0.717, 1.165) is 17.1 Å². The van der Waals surface area contributed by atoms with E-state index in [1.54, 1.807) is 0 Å². The van der Waals surface area contributed by atoms with Crippen molar-refractivity contribution in [1.82, 2.24) is 0 Å². The average molecular weight is 916 g/mol. The van der Waals surface area contributed by atoms with Crippen molar-refractivity contribution in [2.75, 3.05) is 4.90 Å². The van der Waals surface area contributed by atoms with Gasteiger partial charge in [-0.2, -0.15) is 0 Å². The molecule has 0 saturated heterocycles. The van der Waals surface area contributed by atoms with Gasteiger partial charge in [-0.15, -0.1) is 0 Å². The summed E-state index contributed by atoms with van der Waals surface area (Å²) >= 11 is 0. The number of anilines is 3. The Hall–Kier alpha value is -8.78. The number of fused-ring (bicyclic) bond motifs is 19. The van der Waals surface area contributed by atoms with Crippen LogP contribution in [0.5, 0.6) is 0 Å². The van der Waals surface area contributed by atoms with Gasteiger partial charge in [-0.3, -0.25) is 0 Å². The summed E-state index contributed by atoms with van der Waals surface area (Å²) in [6.45, 7) is 4.80. The van der Waals surface area contributed by atoms with Crippen LogP contribution in [0.25, 0.3) is 55.6 Å². The highest BCUT2D eigenvalue weighted by Gasteiger charge is 2.60.